The molecule has 0 aliphatic heterocycles. The molecule has 2 aromatic heterocycles. The largest absolute Gasteiger partial charge is 0.573 e. The number of para-hydroxylation sites is 1. The minimum absolute atomic E-state index is 0.0729. The molecule has 1 amide bonds. The molecule has 0 saturated heterocycles. The number of amides is 1. The summed E-state index contributed by atoms with van der Waals surface area (Å²) in [6.45, 7) is 1.78. The van der Waals surface area contributed by atoms with E-state index in [1.54, 1.807) is 23.9 Å². The highest BCUT2D eigenvalue weighted by Crippen LogP contribution is 2.28. The van der Waals surface area contributed by atoms with Crippen molar-refractivity contribution in [3.63, 3.8) is 0 Å². The van der Waals surface area contributed by atoms with Crippen molar-refractivity contribution in [1.29, 1.82) is 0 Å². The molecule has 3 aromatic rings. The SMILES string of the molecule is Cc1nn(C)c2sc(C(=O)NCc3ccccc3OC(F)(F)F)cc12. The van der Waals surface area contributed by atoms with Crippen LogP contribution in [0.25, 0.3) is 10.2 Å². The number of aryl methyl sites for hydroxylation is 2. The zero-order chi connectivity index (χ0) is 18.2. The van der Waals surface area contributed by atoms with Gasteiger partial charge >= 0.3 is 6.36 Å². The average molecular weight is 369 g/mol. The molecule has 0 unspecified atom stereocenters. The molecule has 0 saturated carbocycles. The Kier molecular flexibility index (Phi) is 4.42. The molecule has 1 aromatic carbocycles. The molecule has 0 bridgehead atoms. The number of aromatic nitrogens is 2. The number of halogens is 3. The van der Waals surface area contributed by atoms with Gasteiger partial charge in [0.1, 0.15) is 10.6 Å². The van der Waals surface area contributed by atoms with E-state index in [0.29, 0.717) is 4.88 Å². The van der Waals surface area contributed by atoms with Crippen molar-refractivity contribution in [3.8, 4) is 5.75 Å². The maximum atomic E-state index is 12.4. The van der Waals surface area contributed by atoms with Crippen LogP contribution in [0, 0.1) is 6.92 Å². The van der Waals surface area contributed by atoms with Crippen LogP contribution in [-0.2, 0) is 13.6 Å². The summed E-state index contributed by atoms with van der Waals surface area (Å²) in [6.07, 6.45) is -4.78. The van der Waals surface area contributed by atoms with E-state index in [1.807, 2.05) is 6.92 Å². The molecule has 5 nitrogen and oxygen atoms in total. The number of carbonyl (C=O) groups excluding carboxylic acids is 1. The number of benzene rings is 1. The zero-order valence-electron chi connectivity index (χ0n) is 13.3. The van der Waals surface area contributed by atoms with Gasteiger partial charge in [0, 0.05) is 24.5 Å². The number of nitrogens with zero attached hydrogens (tertiary/aromatic N) is 2. The Labute approximate surface area is 145 Å². The second kappa shape index (κ2) is 6.40. The number of ether oxygens (including phenoxy) is 1. The van der Waals surface area contributed by atoms with Crippen LogP contribution in [0.15, 0.2) is 30.3 Å². The summed E-state index contributed by atoms with van der Waals surface area (Å²) in [7, 11) is 1.79. The van der Waals surface area contributed by atoms with Crippen LogP contribution in [0.2, 0.25) is 0 Å². The first-order chi connectivity index (χ1) is 11.7. The smallest absolute Gasteiger partial charge is 0.405 e. The van der Waals surface area contributed by atoms with Crippen LogP contribution in [0.3, 0.4) is 0 Å². The maximum Gasteiger partial charge on any atom is 0.573 e. The number of alkyl halides is 3. The number of rotatable bonds is 4. The first-order valence-electron chi connectivity index (χ1n) is 7.29. The van der Waals surface area contributed by atoms with E-state index in [9.17, 15) is 18.0 Å². The van der Waals surface area contributed by atoms with E-state index in [4.69, 9.17) is 0 Å². The third-order valence-electron chi connectivity index (χ3n) is 3.56. The van der Waals surface area contributed by atoms with Crippen LogP contribution >= 0.6 is 11.3 Å². The lowest BCUT2D eigenvalue weighted by atomic mass is 10.2. The first kappa shape index (κ1) is 17.3. The van der Waals surface area contributed by atoms with Gasteiger partial charge in [-0.2, -0.15) is 5.10 Å². The molecule has 0 atom stereocenters. The zero-order valence-corrected chi connectivity index (χ0v) is 14.2. The molecule has 0 fully saturated rings. The van der Waals surface area contributed by atoms with Gasteiger partial charge in [0.15, 0.2) is 0 Å². The highest BCUT2D eigenvalue weighted by molar-refractivity contribution is 7.20. The number of fused-ring (bicyclic) bond motifs is 1. The van der Waals surface area contributed by atoms with Gasteiger partial charge in [-0.1, -0.05) is 18.2 Å². The van der Waals surface area contributed by atoms with Gasteiger partial charge in [-0.3, -0.25) is 9.48 Å². The molecule has 0 aliphatic rings. The maximum absolute atomic E-state index is 12.4. The molecule has 9 heteroatoms. The second-order valence-electron chi connectivity index (χ2n) is 5.38. The van der Waals surface area contributed by atoms with Crippen molar-refractivity contribution in [2.24, 2.45) is 7.05 Å². The molecule has 0 spiro atoms. The predicted molar refractivity (Wildman–Crippen MR) is 87.6 cm³/mol. The van der Waals surface area contributed by atoms with Crippen molar-refractivity contribution in [2.75, 3.05) is 0 Å². The van der Waals surface area contributed by atoms with Gasteiger partial charge in [-0.05, 0) is 19.1 Å². The summed E-state index contributed by atoms with van der Waals surface area (Å²) in [5.74, 6) is -0.686. The molecule has 0 aliphatic carbocycles. The molecule has 25 heavy (non-hydrogen) atoms. The van der Waals surface area contributed by atoms with Crippen LogP contribution in [0.4, 0.5) is 13.2 Å². The summed E-state index contributed by atoms with van der Waals surface area (Å²) in [5, 5.41) is 7.78. The highest BCUT2D eigenvalue weighted by atomic mass is 32.1. The summed E-state index contributed by atoms with van der Waals surface area (Å²) >= 11 is 1.28. The van der Waals surface area contributed by atoms with E-state index >= 15 is 0 Å². The Balaban J connectivity index is 1.75. The Bertz CT molecular complexity index is 896. The summed E-state index contributed by atoms with van der Waals surface area (Å²) in [6, 6.07) is 7.44. The number of hydrogen-bond donors (Lipinski definition) is 1. The van der Waals surface area contributed by atoms with Crippen LogP contribution < -0.4 is 10.1 Å². The minimum atomic E-state index is -4.78. The lowest BCUT2D eigenvalue weighted by molar-refractivity contribution is -0.274. The van der Waals surface area contributed by atoms with Crippen molar-refractivity contribution >= 4 is 27.5 Å². The molecule has 0 radical (unpaired) electrons. The third kappa shape index (κ3) is 3.76. The second-order valence-corrected chi connectivity index (χ2v) is 6.41. The van der Waals surface area contributed by atoms with Crippen LogP contribution in [0.5, 0.6) is 5.75 Å². The summed E-state index contributed by atoms with van der Waals surface area (Å²) < 4.78 is 43.0. The summed E-state index contributed by atoms with van der Waals surface area (Å²) in [4.78, 5) is 13.6. The van der Waals surface area contributed by atoms with Gasteiger partial charge in [-0.15, -0.1) is 24.5 Å². The molecular weight excluding hydrogens is 355 g/mol. The molecular formula is C16H14F3N3O2S. The van der Waals surface area contributed by atoms with E-state index in [-0.39, 0.29) is 23.8 Å². The van der Waals surface area contributed by atoms with E-state index in [0.717, 1.165) is 15.9 Å². The monoisotopic (exact) mass is 369 g/mol. The number of nitrogens with one attached hydrogen (secondary N) is 1. The van der Waals surface area contributed by atoms with E-state index in [1.165, 1.54) is 29.5 Å². The number of hydrogen-bond acceptors (Lipinski definition) is 4. The third-order valence-corrected chi connectivity index (χ3v) is 4.76. The molecule has 2 heterocycles. The Hall–Kier alpha value is -2.55. The van der Waals surface area contributed by atoms with Gasteiger partial charge in [0.05, 0.1) is 10.6 Å². The quantitative estimate of drug-likeness (QED) is 0.762. The highest BCUT2D eigenvalue weighted by Gasteiger charge is 2.32. The van der Waals surface area contributed by atoms with Crippen molar-refractivity contribution in [3.05, 3.63) is 46.5 Å². The first-order valence-corrected chi connectivity index (χ1v) is 8.11. The summed E-state index contributed by atoms with van der Waals surface area (Å²) in [5.41, 5.74) is 1.06. The molecule has 1 N–H and O–H groups in total. The number of carbonyl (C=O) groups is 1. The fourth-order valence-corrected chi connectivity index (χ4v) is 3.49. The predicted octanol–water partition coefficient (Wildman–Crippen LogP) is 3.77. The standard InChI is InChI=1S/C16H14F3N3O2S/c1-9-11-7-13(25-15(11)22(2)21-9)14(23)20-8-10-5-3-4-6-12(10)24-16(17,18)19/h3-7H,8H2,1-2H3,(H,20,23). The van der Waals surface area contributed by atoms with Crippen molar-refractivity contribution < 1.29 is 22.7 Å². The number of thiophene rings is 1. The topological polar surface area (TPSA) is 56.2 Å². The Morgan fingerprint density at radius 2 is 2.08 bits per heavy atom. The molecule has 132 valence electrons. The van der Waals surface area contributed by atoms with Gasteiger partial charge in [0.25, 0.3) is 5.91 Å². The minimum Gasteiger partial charge on any atom is -0.405 e. The fourth-order valence-electron chi connectivity index (χ4n) is 2.45. The van der Waals surface area contributed by atoms with Crippen molar-refractivity contribution in [2.45, 2.75) is 19.8 Å². The Morgan fingerprint density at radius 3 is 2.76 bits per heavy atom. The van der Waals surface area contributed by atoms with Crippen molar-refractivity contribution in [1.82, 2.24) is 15.1 Å². The lowest BCUT2D eigenvalue weighted by Crippen LogP contribution is -2.23. The average Bonchev–Trinajstić information content (AvgIpc) is 3.07. The van der Waals surface area contributed by atoms with Gasteiger partial charge < -0.3 is 10.1 Å². The van der Waals surface area contributed by atoms with Gasteiger partial charge in [-0.25, -0.2) is 0 Å². The van der Waals surface area contributed by atoms with Crippen LogP contribution in [0.1, 0.15) is 20.9 Å². The lowest BCUT2D eigenvalue weighted by Gasteiger charge is -2.13. The Morgan fingerprint density at radius 1 is 1.36 bits per heavy atom. The molecule has 3 rings (SSSR count). The van der Waals surface area contributed by atoms with E-state index < -0.39 is 6.36 Å². The van der Waals surface area contributed by atoms with E-state index in [2.05, 4.69) is 15.2 Å². The normalized spacial score (nSPS) is 11.7. The fraction of sp³-hybridized carbons (Fsp3) is 0.250. The van der Waals surface area contributed by atoms with Crippen LogP contribution in [-0.4, -0.2) is 22.1 Å². The van der Waals surface area contributed by atoms with Gasteiger partial charge in [0.2, 0.25) is 0 Å².